The zero-order valence-corrected chi connectivity index (χ0v) is 13.4. The van der Waals surface area contributed by atoms with Gasteiger partial charge in [0.05, 0.1) is 16.7 Å². The maximum atomic E-state index is 12.8. The second-order valence-corrected chi connectivity index (χ2v) is 7.63. The molecule has 1 aromatic rings. The van der Waals surface area contributed by atoms with E-state index in [1.165, 1.54) is 22.5 Å². The monoisotopic (exact) mass is 327 g/mol. The molecule has 0 saturated carbocycles. The molecule has 2 unspecified atom stereocenters. The molecule has 1 saturated heterocycles. The molecule has 0 spiro atoms. The van der Waals surface area contributed by atoms with Crippen LogP contribution in [-0.2, 0) is 10.0 Å². The van der Waals surface area contributed by atoms with Gasteiger partial charge >= 0.3 is 0 Å². The van der Waals surface area contributed by atoms with E-state index in [1.807, 2.05) is 13.0 Å². The molecule has 1 fully saturated rings. The van der Waals surface area contributed by atoms with Crippen molar-refractivity contribution in [3.05, 3.63) is 28.8 Å². The van der Waals surface area contributed by atoms with Gasteiger partial charge in [0.15, 0.2) is 0 Å². The molecule has 114 valence electrons. The molecule has 1 aliphatic rings. The summed E-state index contributed by atoms with van der Waals surface area (Å²) in [5.74, 6) is 0.174. The number of piperidine rings is 1. The van der Waals surface area contributed by atoms with Gasteiger partial charge in [0.25, 0.3) is 0 Å². The Balaban J connectivity index is 2.39. The first-order chi connectivity index (χ1) is 9.90. The van der Waals surface area contributed by atoms with Gasteiger partial charge in [-0.15, -0.1) is 0 Å². The SMILES string of the molecule is CC1CCC(CN)CN1S(=O)(=O)c1ccc(C#N)cc1Cl. The molecule has 21 heavy (non-hydrogen) atoms. The van der Waals surface area contributed by atoms with Gasteiger partial charge < -0.3 is 5.73 Å². The number of benzene rings is 1. The van der Waals surface area contributed by atoms with Crippen LogP contribution in [-0.4, -0.2) is 31.9 Å². The van der Waals surface area contributed by atoms with Crippen LogP contribution < -0.4 is 5.73 Å². The van der Waals surface area contributed by atoms with E-state index in [2.05, 4.69) is 0 Å². The molecule has 2 N–H and O–H groups in total. The number of nitrogens with zero attached hydrogens (tertiary/aromatic N) is 2. The van der Waals surface area contributed by atoms with Crippen molar-refractivity contribution in [2.75, 3.05) is 13.1 Å². The normalized spacial score (nSPS) is 23.7. The summed E-state index contributed by atoms with van der Waals surface area (Å²) in [4.78, 5) is 0.0488. The number of halogens is 1. The number of rotatable bonds is 3. The quantitative estimate of drug-likeness (QED) is 0.919. The molecule has 7 heteroatoms. The lowest BCUT2D eigenvalue weighted by Crippen LogP contribution is -2.47. The topological polar surface area (TPSA) is 87.2 Å². The summed E-state index contributed by atoms with van der Waals surface area (Å²) in [6.07, 6.45) is 1.72. The minimum Gasteiger partial charge on any atom is -0.330 e. The minimum atomic E-state index is -3.67. The Bertz CT molecular complexity index is 669. The van der Waals surface area contributed by atoms with Gasteiger partial charge in [0, 0.05) is 12.6 Å². The highest BCUT2D eigenvalue weighted by Crippen LogP contribution is 2.31. The molecule has 1 aliphatic heterocycles. The summed E-state index contributed by atoms with van der Waals surface area (Å²) in [6, 6.07) is 6.10. The second-order valence-electron chi connectivity index (χ2n) is 5.36. The van der Waals surface area contributed by atoms with Crippen molar-refractivity contribution in [1.82, 2.24) is 4.31 Å². The Kier molecular flexibility index (Phi) is 4.89. The second kappa shape index (κ2) is 6.32. The summed E-state index contributed by atoms with van der Waals surface area (Å²) < 4.78 is 27.1. The van der Waals surface area contributed by atoms with Crippen LogP contribution in [0.15, 0.2) is 23.1 Å². The van der Waals surface area contributed by atoms with Crippen molar-refractivity contribution in [2.45, 2.75) is 30.7 Å². The van der Waals surface area contributed by atoms with E-state index in [9.17, 15) is 8.42 Å². The molecule has 0 bridgehead atoms. The van der Waals surface area contributed by atoms with Gasteiger partial charge in [-0.3, -0.25) is 0 Å². The van der Waals surface area contributed by atoms with Gasteiger partial charge in [-0.1, -0.05) is 11.6 Å². The molecule has 2 atom stereocenters. The molecule has 0 radical (unpaired) electrons. The van der Waals surface area contributed by atoms with E-state index in [1.54, 1.807) is 0 Å². The molecule has 1 heterocycles. The lowest BCUT2D eigenvalue weighted by Gasteiger charge is -2.36. The Hall–Kier alpha value is -1.13. The Morgan fingerprint density at radius 1 is 1.48 bits per heavy atom. The van der Waals surface area contributed by atoms with Crippen molar-refractivity contribution >= 4 is 21.6 Å². The van der Waals surface area contributed by atoms with E-state index < -0.39 is 10.0 Å². The summed E-state index contributed by atoms with van der Waals surface area (Å²) in [5.41, 5.74) is 6.02. The first-order valence-electron chi connectivity index (χ1n) is 6.81. The van der Waals surface area contributed by atoms with Crippen LogP contribution in [0.5, 0.6) is 0 Å². The lowest BCUT2D eigenvalue weighted by molar-refractivity contribution is 0.211. The van der Waals surface area contributed by atoms with Crippen LogP contribution >= 0.6 is 11.6 Å². The fraction of sp³-hybridized carbons (Fsp3) is 0.500. The van der Waals surface area contributed by atoms with Crippen molar-refractivity contribution in [3.63, 3.8) is 0 Å². The molecule has 1 aromatic carbocycles. The Morgan fingerprint density at radius 3 is 2.76 bits per heavy atom. The van der Waals surface area contributed by atoms with Gasteiger partial charge in [-0.25, -0.2) is 8.42 Å². The molecular weight excluding hydrogens is 310 g/mol. The first kappa shape index (κ1) is 16.2. The Labute approximate surface area is 130 Å². The van der Waals surface area contributed by atoms with Gasteiger partial charge in [-0.2, -0.15) is 9.57 Å². The van der Waals surface area contributed by atoms with Crippen LogP contribution in [0.2, 0.25) is 5.02 Å². The summed E-state index contributed by atoms with van der Waals surface area (Å²) in [6.45, 7) is 2.78. The molecule has 0 aliphatic carbocycles. The fourth-order valence-corrected chi connectivity index (χ4v) is 4.84. The van der Waals surface area contributed by atoms with Gasteiger partial charge in [0.1, 0.15) is 4.90 Å². The van der Waals surface area contributed by atoms with Crippen molar-refractivity contribution in [3.8, 4) is 6.07 Å². The maximum absolute atomic E-state index is 12.8. The van der Waals surface area contributed by atoms with E-state index in [0.29, 0.717) is 18.7 Å². The third-order valence-corrected chi connectivity index (χ3v) is 6.37. The average Bonchev–Trinajstić information content (AvgIpc) is 2.47. The average molecular weight is 328 g/mol. The number of nitriles is 1. The van der Waals surface area contributed by atoms with E-state index >= 15 is 0 Å². The van der Waals surface area contributed by atoms with Crippen LogP contribution in [0.3, 0.4) is 0 Å². The Morgan fingerprint density at radius 2 is 2.19 bits per heavy atom. The summed E-state index contributed by atoms with van der Waals surface area (Å²) in [5, 5.41) is 8.91. The van der Waals surface area contributed by atoms with Crippen molar-refractivity contribution in [1.29, 1.82) is 5.26 Å². The van der Waals surface area contributed by atoms with E-state index in [-0.39, 0.29) is 21.9 Å². The highest BCUT2D eigenvalue weighted by atomic mass is 35.5. The van der Waals surface area contributed by atoms with Crippen molar-refractivity contribution in [2.24, 2.45) is 11.7 Å². The maximum Gasteiger partial charge on any atom is 0.244 e. The third-order valence-electron chi connectivity index (χ3n) is 3.90. The molecule has 5 nitrogen and oxygen atoms in total. The predicted octanol–water partition coefficient (Wildman–Crippen LogP) is 1.96. The summed E-state index contributed by atoms with van der Waals surface area (Å²) >= 11 is 6.05. The zero-order valence-electron chi connectivity index (χ0n) is 11.8. The number of hydrogen-bond acceptors (Lipinski definition) is 4. The fourth-order valence-electron chi connectivity index (χ4n) is 2.58. The number of sulfonamides is 1. The smallest absolute Gasteiger partial charge is 0.244 e. The van der Waals surface area contributed by atoms with Crippen LogP contribution in [0, 0.1) is 17.2 Å². The summed E-state index contributed by atoms with van der Waals surface area (Å²) in [7, 11) is -3.67. The largest absolute Gasteiger partial charge is 0.330 e. The van der Waals surface area contributed by atoms with Gasteiger partial charge in [-0.05, 0) is 50.4 Å². The van der Waals surface area contributed by atoms with Crippen molar-refractivity contribution < 1.29 is 8.42 Å². The van der Waals surface area contributed by atoms with E-state index in [0.717, 1.165) is 12.8 Å². The predicted molar refractivity (Wildman–Crippen MR) is 81.3 cm³/mol. The van der Waals surface area contributed by atoms with Gasteiger partial charge in [0.2, 0.25) is 10.0 Å². The zero-order chi connectivity index (χ0) is 15.6. The standard InChI is InChI=1S/C14H18ClN3O2S/c1-10-2-3-12(8-17)9-18(10)21(19,20)14-5-4-11(7-16)6-13(14)15/h4-6,10,12H,2-3,8-9,17H2,1H3. The minimum absolute atomic E-state index is 0.0488. The number of nitrogens with two attached hydrogens (primary N) is 1. The van der Waals surface area contributed by atoms with E-state index in [4.69, 9.17) is 22.6 Å². The van der Waals surface area contributed by atoms with Crippen LogP contribution in [0.4, 0.5) is 0 Å². The lowest BCUT2D eigenvalue weighted by atomic mass is 9.96. The van der Waals surface area contributed by atoms with Crippen LogP contribution in [0.25, 0.3) is 0 Å². The molecule has 0 amide bonds. The highest BCUT2D eigenvalue weighted by molar-refractivity contribution is 7.89. The molecule has 2 rings (SSSR count). The first-order valence-corrected chi connectivity index (χ1v) is 8.63. The molecular formula is C14H18ClN3O2S. The number of hydrogen-bond donors (Lipinski definition) is 1. The molecule has 0 aromatic heterocycles. The third kappa shape index (κ3) is 3.22. The van der Waals surface area contributed by atoms with Crippen LogP contribution in [0.1, 0.15) is 25.3 Å². The highest BCUT2D eigenvalue weighted by Gasteiger charge is 2.35.